The highest BCUT2D eigenvalue weighted by Gasteiger charge is 2.07. The van der Waals surface area contributed by atoms with E-state index in [-0.39, 0.29) is 0 Å². The van der Waals surface area contributed by atoms with Gasteiger partial charge in [-0.25, -0.2) is 4.98 Å². The van der Waals surface area contributed by atoms with Crippen LogP contribution >= 0.6 is 34.9 Å². The van der Waals surface area contributed by atoms with E-state index in [0.29, 0.717) is 5.13 Å². The molecule has 0 atom stereocenters. The molecule has 0 aliphatic rings. The molecular formula is C16H15N3S3. The van der Waals surface area contributed by atoms with Crippen LogP contribution in [0.1, 0.15) is 10.4 Å². The van der Waals surface area contributed by atoms with Crippen molar-refractivity contribution >= 4 is 45.0 Å². The fourth-order valence-electron chi connectivity index (χ4n) is 2.04. The van der Waals surface area contributed by atoms with E-state index >= 15 is 0 Å². The minimum atomic E-state index is 0.604. The molecule has 22 heavy (non-hydrogen) atoms. The minimum absolute atomic E-state index is 0.604. The highest BCUT2D eigenvalue weighted by atomic mass is 32.1. The SMILES string of the molecule is Nc1nc(-c2ccc(CNC(=S)Cc3ccccc3)s2)cs1. The summed E-state index contributed by atoms with van der Waals surface area (Å²) in [4.78, 5) is 7.54. The van der Waals surface area contributed by atoms with Crippen molar-refractivity contribution in [1.29, 1.82) is 0 Å². The largest absolute Gasteiger partial charge is 0.375 e. The van der Waals surface area contributed by atoms with Gasteiger partial charge in [-0.2, -0.15) is 0 Å². The van der Waals surface area contributed by atoms with Gasteiger partial charge in [-0.1, -0.05) is 42.5 Å². The number of anilines is 1. The number of aromatic nitrogens is 1. The number of thiocarbonyl (C=S) groups is 1. The molecule has 2 aromatic heterocycles. The third-order valence-electron chi connectivity index (χ3n) is 3.10. The van der Waals surface area contributed by atoms with Crippen LogP contribution in [0.25, 0.3) is 10.6 Å². The molecule has 0 aliphatic heterocycles. The third-order valence-corrected chi connectivity index (χ3v) is 5.17. The summed E-state index contributed by atoms with van der Waals surface area (Å²) in [5, 5.41) is 5.91. The Morgan fingerprint density at radius 2 is 2.00 bits per heavy atom. The van der Waals surface area contributed by atoms with E-state index in [9.17, 15) is 0 Å². The zero-order chi connectivity index (χ0) is 15.4. The van der Waals surface area contributed by atoms with Gasteiger partial charge in [0.2, 0.25) is 0 Å². The Morgan fingerprint density at radius 1 is 1.18 bits per heavy atom. The second kappa shape index (κ2) is 7.00. The lowest BCUT2D eigenvalue weighted by Crippen LogP contribution is -2.22. The van der Waals surface area contributed by atoms with Gasteiger partial charge >= 0.3 is 0 Å². The molecule has 1 aromatic carbocycles. The number of hydrogen-bond acceptors (Lipinski definition) is 5. The lowest BCUT2D eigenvalue weighted by atomic mass is 10.1. The van der Waals surface area contributed by atoms with Crippen molar-refractivity contribution in [3.05, 3.63) is 58.3 Å². The molecule has 0 saturated carbocycles. The molecule has 0 aliphatic carbocycles. The van der Waals surface area contributed by atoms with Crippen LogP contribution in [-0.2, 0) is 13.0 Å². The molecule has 0 amide bonds. The van der Waals surface area contributed by atoms with Gasteiger partial charge in [0.15, 0.2) is 5.13 Å². The van der Waals surface area contributed by atoms with Crippen molar-refractivity contribution in [2.75, 3.05) is 5.73 Å². The molecule has 3 nitrogen and oxygen atoms in total. The van der Waals surface area contributed by atoms with Gasteiger partial charge in [-0.3, -0.25) is 0 Å². The molecule has 3 aromatic rings. The van der Waals surface area contributed by atoms with Gasteiger partial charge in [0.1, 0.15) is 0 Å². The Morgan fingerprint density at radius 3 is 2.73 bits per heavy atom. The number of thiazole rings is 1. The highest BCUT2D eigenvalue weighted by molar-refractivity contribution is 7.80. The first kappa shape index (κ1) is 15.1. The van der Waals surface area contributed by atoms with Crippen LogP contribution in [0.5, 0.6) is 0 Å². The number of nitrogen functional groups attached to an aromatic ring is 1. The summed E-state index contributed by atoms with van der Waals surface area (Å²) in [5.74, 6) is 0. The standard InChI is InChI=1S/C16H15N3S3/c17-16-19-13(10-21-16)14-7-6-12(22-14)9-18-15(20)8-11-4-2-1-3-5-11/h1-7,10H,8-9H2,(H2,17,19)(H,18,20). The van der Waals surface area contributed by atoms with Crippen LogP contribution in [0.4, 0.5) is 5.13 Å². The third kappa shape index (κ3) is 3.91. The Hall–Kier alpha value is -1.76. The summed E-state index contributed by atoms with van der Waals surface area (Å²) in [5.41, 5.74) is 7.85. The number of thiophene rings is 1. The molecule has 0 saturated heterocycles. The van der Waals surface area contributed by atoms with Gasteiger partial charge in [0.25, 0.3) is 0 Å². The normalized spacial score (nSPS) is 10.5. The predicted molar refractivity (Wildman–Crippen MR) is 99.4 cm³/mol. The van der Waals surface area contributed by atoms with Crippen molar-refractivity contribution in [2.24, 2.45) is 0 Å². The fraction of sp³-hybridized carbons (Fsp3) is 0.125. The van der Waals surface area contributed by atoms with Gasteiger partial charge in [-0.15, -0.1) is 22.7 Å². The lowest BCUT2D eigenvalue weighted by molar-refractivity contribution is 0.931. The van der Waals surface area contributed by atoms with Crippen LogP contribution < -0.4 is 11.1 Å². The first-order valence-electron chi connectivity index (χ1n) is 6.81. The van der Waals surface area contributed by atoms with E-state index in [0.717, 1.165) is 28.5 Å². The van der Waals surface area contributed by atoms with E-state index in [1.807, 2.05) is 23.6 Å². The maximum atomic E-state index is 5.68. The maximum Gasteiger partial charge on any atom is 0.180 e. The van der Waals surface area contributed by atoms with Gasteiger partial charge < -0.3 is 11.1 Å². The topological polar surface area (TPSA) is 50.9 Å². The maximum absolute atomic E-state index is 5.68. The molecule has 0 unspecified atom stereocenters. The predicted octanol–water partition coefficient (Wildman–Crippen LogP) is 4.11. The van der Waals surface area contributed by atoms with E-state index in [2.05, 4.69) is 34.6 Å². The van der Waals surface area contributed by atoms with Crippen molar-refractivity contribution in [1.82, 2.24) is 10.3 Å². The Balaban J connectivity index is 1.56. The van der Waals surface area contributed by atoms with Crippen LogP contribution in [0, 0.1) is 0 Å². The smallest absolute Gasteiger partial charge is 0.180 e. The number of nitrogens with one attached hydrogen (secondary N) is 1. The van der Waals surface area contributed by atoms with E-state index in [1.54, 1.807) is 11.3 Å². The second-order valence-electron chi connectivity index (χ2n) is 4.78. The van der Waals surface area contributed by atoms with Crippen molar-refractivity contribution in [2.45, 2.75) is 13.0 Å². The average Bonchev–Trinajstić information content (AvgIpc) is 3.15. The number of benzene rings is 1. The molecular weight excluding hydrogens is 330 g/mol. The molecule has 0 bridgehead atoms. The molecule has 6 heteroatoms. The van der Waals surface area contributed by atoms with Crippen LogP contribution in [-0.4, -0.2) is 9.97 Å². The molecule has 2 heterocycles. The number of hydrogen-bond donors (Lipinski definition) is 2. The summed E-state index contributed by atoms with van der Waals surface area (Å²) < 4.78 is 0. The van der Waals surface area contributed by atoms with E-state index < -0.39 is 0 Å². The first-order chi connectivity index (χ1) is 10.7. The van der Waals surface area contributed by atoms with Gasteiger partial charge in [0.05, 0.1) is 15.6 Å². The monoisotopic (exact) mass is 345 g/mol. The van der Waals surface area contributed by atoms with Crippen molar-refractivity contribution in [3.63, 3.8) is 0 Å². The fourth-order valence-corrected chi connectivity index (χ4v) is 3.83. The molecule has 3 N–H and O–H groups in total. The van der Waals surface area contributed by atoms with Crippen LogP contribution in [0.2, 0.25) is 0 Å². The molecule has 0 spiro atoms. The zero-order valence-electron chi connectivity index (χ0n) is 11.8. The van der Waals surface area contributed by atoms with Crippen molar-refractivity contribution < 1.29 is 0 Å². The van der Waals surface area contributed by atoms with E-state index in [1.165, 1.54) is 21.8 Å². The van der Waals surface area contributed by atoms with Gasteiger partial charge in [-0.05, 0) is 17.7 Å². The summed E-state index contributed by atoms with van der Waals surface area (Å²) in [6.07, 6.45) is 0.775. The second-order valence-corrected chi connectivity index (χ2v) is 7.33. The van der Waals surface area contributed by atoms with Gasteiger partial charge in [0, 0.05) is 23.2 Å². The Bertz CT molecular complexity index is 762. The first-order valence-corrected chi connectivity index (χ1v) is 8.92. The van der Waals surface area contributed by atoms with E-state index in [4.69, 9.17) is 18.0 Å². The summed E-state index contributed by atoms with van der Waals surface area (Å²) in [6.45, 7) is 0.746. The summed E-state index contributed by atoms with van der Waals surface area (Å²) >= 11 is 8.58. The van der Waals surface area contributed by atoms with Crippen LogP contribution in [0.3, 0.4) is 0 Å². The molecule has 0 radical (unpaired) electrons. The zero-order valence-corrected chi connectivity index (χ0v) is 14.2. The molecule has 112 valence electrons. The Labute approximate surface area is 142 Å². The number of nitrogens with zero attached hydrogens (tertiary/aromatic N) is 1. The Kier molecular flexibility index (Phi) is 4.82. The summed E-state index contributed by atoms with van der Waals surface area (Å²) in [6, 6.07) is 14.4. The highest BCUT2D eigenvalue weighted by Crippen LogP contribution is 2.29. The average molecular weight is 346 g/mol. The molecule has 3 rings (SSSR count). The number of nitrogens with two attached hydrogens (primary N) is 1. The minimum Gasteiger partial charge on any atom is -0.375 e. The quantitative estimate of drug-likeness (QED) is 0.683. The summed E-state index contributed by atoms with van der Waals surface area (Å²) in [7, 11) is 0. The number of rotatable bonds is 5. The van der Waals surface area contributed by atoms with Crippen LogP contribution in [0.15, 0.2) is 47.8 Å². The van der Waals surface area contributed by atoms with Crippen molar-refractivity contribution in [3.8, 4) is 10.6 Å². The molecule has 0 fully saturated rings. The lowest BCUT2D eigenvalue weighted by Gasteiger charge is -2.06.